The SMILES string of the molecule is CC(=O)c1ccccc1NC(=O)C1CC2CCC1C2. The fourth-order valence-corrected chi connectivity index (χ4v) is 3.69. The van der Waals surface area contributed by atoms with Gasteiger partial charge in [-0.1, -0.05) is 18.6 Å². The number of nitrogens with one attached hydrogen (secondary N) is 1. The molecule has 1 aromatic rings. The van der Waals surface area contributed by atoms with E-state index in [2.05, 4.69) is 5.32 Å². The molecule has 1 N–H and O–H groups in total. The molecule has 0 aromatic heterocycles. The lowest BCUT2D eigenvalue weighted by molar-refractivity contribution is -0.121. The molecule has 1 amide bonds. The molecule has 2 fully saturated rings. The Balaban J connectivity index is 1.75. The fraction of sp³-hybridized carbons (Fsp3) is 0.500. The molecule has 3 nitrogen and oxygen atoms in total. The smallest absolute Gasteiger partial charge is 0.227 e. The lowest BCUT2D eigenvalue weighted by Gasteiger charge is -2.21. The Hall–Kier alpha value is -1.64. The molecule has 1 aromatic carbocycles. The number of amides is 1. The molecule has 0 aliphatic heterocycles. The molecule has 3 atom stereocenters. The number of fused-ring (bicyclic) bond motifs is 2. The van der Waals surface area contributed by atoms with Crippen LogP contribution in [0.5, 0.6) is 0 Å². The van der Waals surface area contributed by atoms with Crippen molar-refractivity contribution in [2.75, 3.05) is 5.32 Å². The molecule has 2 bridgehead atoms. The largest absolute Gasteiger partial charge is 0.325 e. The summed E-state index contributed by atoms with van der Waals surface area (Å²) in [4.78, 5) is 23.9. The summed E-state index contributed by atoms with van der Waals surface area (Å²) < 4.78 is 0. The second-order valence-corrected chi connectivity index (χ2v) is 5.87. The molecular formula is C16H19NO2. The van der Waals surface area contributed by atoms with Crippen LogP contribution in [0.25, 0.3) is 0 Å². The molecule has 2 aliphatic rings. The van der Waals surface area contributed by atoms with Gasteiger partial charge in [0.15, 0.2) is 5.78 Å². The minimum absolute atomic E-state index is 0.0103. The van der Waals surface area contributed by atoms with E-state index in [1.165, 1.54) is 26.2 Å². The van der Waals surface area contributed by atoms with Gasteiger partial charge in [-0.3, -0.25) is 9.59 Å². The normalized spacial score (nSPS) is 28.4. The standard InChI is InChI=1S/C16H19NO2/c1-10(18)13-4-2-3-5-15(13)17-16(19)14-9-11-6-7-12(14)8-11/h2-5,11-12,14H,6-9H2,1H3,(H,17,19). The monoisotopic (exact) mass is 257 g/mol. The first kappa shape index (κ1) is 12.4. The van der Waals surface area contributed by atoms with Gasteiger partial charge >= 0.3 is 0 Å². The van der Waals surface area contributed by atoms with Gasteiger partial charge in [0.2, 0.25) is 5.91 Å². The van der Waals surface area contributed by atoms with E-state index >= 15 is 0 Å². The van der Waals surface area contributed by atoms with Crippen molar-refractivity contribution in [3.8, 4) is 0 Å². The van der Waals surface area contributed by atoms with E-state index in [4.69, 9.17) is 0 Å². The van der Waals surface area contributed by atoms with Crippen LogP contribution in [-0.2, 0) is 4.79 Å². The van der Waals surface area contributed by atoms with Crippen LogP contribution in [0.15, 0.2) is 24.3 Å². The number of hydrogen-bond donors (Lipinski definition) is 1. The van der Waals surface area contributed by atoms with Crippen LogP contribution < -0.4 is 5.32 Å². The maximum Gasteiger partial charge on any atom is 0.227 e. The number of carbonyl (C=O) groups excluding carboxylic acids is 2. The van der Waals surface area contributed by atoms with Crippen LogP contribution in [0.1, 0.15) is 43.0 Å². The topological polar surface area (TPSA) is 46.2 Å². The van der Waals surface area contributed by atoms with Crippen molar-refractivity contribution < 1.29 is 9.59 Å². The van der Waals surface area contributed by atoms with E-state index in [1.54, 1.807) is 6.07 Å². The minimum atomic E-state index is -0.0103. The first-order valence-corrected chi connectivity index (χ1v) is 7.06. The van der Waals surface area contributed by atoms with Gasteiger partial charge in [0.25, 0.3) is 0 Å². The third kappa shape index (κ3) is 2.29. The first-order valence-electron chi connectivity index (χ1n) is 7.06. The molecule has 2 aliphatic carbocycles. The Kier molecular flexibility index (Phi) is 3.13. The molecule has 100 valence electrons. The molecular weight excluding hydrogens is 238 g/mol. The minimum Gasteiger partial charge on any atom is -0.325 e. The van der Waals surface area contributed by atoms with Crippen molar-refractivity contribution in [1.82, 2.24) is 0 Å². The highest BCUT2D eigenvalue weighted by molar-refractivity contribution is 6.04. The number of para-hydroxylation sites is 1. The average Bonchev–Trinajstić information content (AvgIpc) is 3.01. The zero-order valence-electron chi connectivity index (χ0n) is 11.2. The maximum absolute atomic E-state index is 12.4. The van der Waals surface area contributed by atoms with Gasteiger partial charge in [-0.2, -0.15) is 0 Å². The van der Waals surface area contributed by atoms with E-state index in [0.29, 0.717) is 17.2 Å². The third-order valence-electron chi connectivity index (χ3n) is 4.64. The van der Waals surface area contributed by atoms with E-state index in [0.717, 1.165) is 12.3 Å². The van der Waals surface area contributed by atoms with Crippen molar-refractivity contribution in [1.29, 1.82) is 0 Å². The molecule has 0 saturated heterocycles. The molecule has 3 unspecified atom stereocenters. The number of ketones is 1. The van der Waals surface area contributed by atoms with Crippen molar-refractivity contribution in [3.63, 3.8) is 0 Å². The highest BCUT2D eigenvalue weighted by Gasteiger charge is 2.43. The van der Waals surface area contributed by atoms with Crippen molar-refractivity contribution in [2.45, 2.75) is 32.6 Å². The predicted octanol–water partition coefficient (Wildman–Crippen LogP) is 3.26. The third-order valence-corrected chi connectivity index (χ3v) is 4.64. The van der Waals surface area contributed by atoms with Gasteiger partial charge in [0.1, 0.15) is 0 Å². The van der Waals surface area contributed by atoms with Crippen molar-refractivity contribution >= 4 is 17.4 Å². The quantitative estimate of drug-likeness (QED) is 0.845. The van der Waals surface area contributed by atoms with Crippen molar-refractivity contribution in [3.05, 3.63) is 29.8 Å². The maximum atomic E-state index is 12.4. The van der Waals surface area contributed by atoms with Crippen LogP contribution >= 0.6 is 0 Å². The highest BCUT2D eigenvalue weighted by atomic mass is 16.2. The van der Waals surface area contributed by atoms with E-state index in [-0.39, 0.29) is 17.6 Å². The summed E-state index contributed by atoms with van der Waals surface area (Å²) >= 11 is 0. The zero-order chi connectivity index (χ0) is 13.4. The summed E-state index contributed by atoms with van der Waals surface area (Å²) in [5.74, 6) is 1.56. The lowest BCUT2D eigenvalue weighted by atomic mass is 9.88. The Morgan fingerprint density at radius 1 is 1.16 bits per heavy atom. The van der Waals surface area contributed by atoms with Gasteiger partial charge in [-0.05, 0) is 50.2 Å². The number of carbonyl (C=O) groups is 2. The second-order valence-electron chi connectivity index (χ2n) is 5.87. The predicted molar refractivity (Wildman–Crippen MR) is 74.0 cm³/mol. The number of benzene rings is 1. The van der Waals surface area contributed by atoms with E-state index in [1.807, 2.05) is 18.2 Å². The Morgan fingerprint density at radius 2 is 1.95 bits per heavy atom. The van der Waals surface area contributed by atoms with E-state index in [9.17, 15) is 9.59 Å². The van der Waals surface area contributed by atoms with Crippen molar-refractivity contribution in [2.24, 2.45) is 17.8 Å². The average molecular weight is 257 g/mol. The summed E-state index contributed by atoms with van der Waals surface area (Å²) in [5, 5.41) is 2.96. The van der Waals surface area contributed by atoms with Gasteiger partial charge in [0, 0.05) is 11.5 Å². The van der Waals surface area contributed by atoms with Crippen LogP contribution in [0.3, 0.4) is 0 Å². The Morgan fingerprint density at radius 3 is 2.58 bits per heavy atom. The van der Waals surface area contributed by atoms with Gasteiger partial charge < -0.3 is 5.32 Å². The second kappa shape index (κ2) is 4.80. The molecule has 0 spiro atoms. The first-order chi connectivity index (χ1) is 9.15. The number of Topliss-reactive ketones (excluding diaryl/α,β-unsaturated/α-hetero) is 1. The molecule has 19 heavy (non-hydrogen) atoms. The van der Waals surface area contributed by atoms with Gasteiger partial charge in [-0.15, -0.1) is 0 Å². The molecule has 0 heterocycles. The van der Waals surface area contributed by atoms with E-state index < -0.39 is 0 Å². The zero-order valence-corrected chi connectivity index (χ0v) is 11.2. The van der Waals surface area contributed by atoms with Crippen LogP contribution in [-0.4, -0.2) is 11.7 Å². The molecule has 3 heteroatoms. The van der Waals surface area contributed by atoms with Crippen LogP contribution in [0, 0.1) is 17.8 Å². The summed E-state index contributed by atoms with van der Waals surface area (Å²) in [6.07, 6.45) is 4.72. The summed E-state index contributed by atoms with van der Waals surface area (Å²) in [6.45, 7) is 1.53. The number of anilines is 1. The highest BCUT2D eigenvalue weighted by Crippen LogP contribution is 2.48. The summed E-state index contributed by atoms with van der Waals surface area (Å²) in [6, 6.07) is 7.24. The summed E-state index contributed by atoms with van der Waals surface area (Å²) in [5.41, 5.74) is 1.25. The molecule has 3 rings (SSSR count). The fourth-order valence-electron chi connectivity index (χ4n) is 3.69. The number of hydrogen-bond acceptors (Lipinski definition) is 2. The lowest BCUT2D eigenvalue weighted by Crippen LogP contribution is -2.27. The van der Waals surface area contributed by atoms with Crippen LogP contribution in [0.2, 0.25) is 0 Å². The Bertz CT molecular complexity index is 523. The molecule has 2 saturated carbocycles. The Labute approximate surface area is 113 Å². The van der Waals surface area contributed by atoms with Gasteiger partial charge in [-0.25, -0.2) is 0 Å². The van der Waals surface area contributed by atoms with Crippen LogP contribution in [0.4, 0.5) is 5.69 Å². The molecule has 0 radical (unpaired) electrons. The van der Waals surface area contributed by atoms with Gasteiger partial charge in [0.05, 0.1) is 5.69 Å². The summed E-state index contributed by atoms with van der Waals surface area (Å²) in [7, 11) is 0. The number of rotatable bonds is 3.